The maximum atomic E-state index is 10.7. The van der Waals surface area contributed by atoms with E-state index in [1.54, 1.807) is 10.9 Å². The third kappa shape index (κ3) is 2.20. The van der Waals surface area contributed by atoms with Gasteiger partial charge in [-0.1, -0.05) is 0 Å². The van der Waals surface area contributed by atoms with E-state index in [-0.39, 0.29) is 11.2 Å². The van der Waals surface area contributed by atoms with Crippen molar-refractivity contribution < 1.29 is 9.90 Å². The topological polar surface area (TPSA) is 55.1 Å². The van der Waals surface area contributed by atoms with Gasteiger partial charge in [0.15, 0.2) is 5.69 Å². The molecule has 4 nitrogen and oxygen atoms in total. The first-order valence-electron chi connectivity index (χ1n) is 3.81. The number of hydrogen-bond donors (Lipinski definition) is 1. The Balaban J connectivity index is 3.17. The van der Waals surface area contributed by atoms with Crippen LogP contribution < -0.4 is 0 Å². The van der Waals surface area contributed by atoms with Crippen LogP contribution in [0.5, 0.6) is 0 Å². The predicted octanol–water partition coefficient (Wildman–Crippen LogP) is 1.94. The summed E-state index contributed by atoms with van der Waals surface area (Å²) in [5, 5.41) is 12.8. The average Bonchev–Trinajstić information content (AvgIpc) is 2.29. The van der Waals surface area contributed by atoms with Crippen LogP contribution in [0.4, 0.5) is 0 Å². The normalized spacial score (nSPS) is 11.7. The molecule has 0 saturated heterocycles. The molecule has 1 aromatic rings. The highest BCUT2D eigenvalue weighted by Crippen LogP contribution is 2.17. The fourth-order valence-corrected chi connectivity index (χ4v) is 1.44. The quantitative estimate of drug-likeness (QED) is 0.805. The maximum Gasteiger partial charge on any atom is 0.357 e. The van der Waals surface area contributed by atoms with Gasteiger partial charge in [-0.15, -0.1) is 0 Å². The summed E-state index contributed by atoms with van der Waals surface area (Å²) in [7, 11) is 0. The van der Waals surface area contributed by atoms with Crippen molar-refractivity contribution in [2.24, 2.45) is 0 Å². The highest BCUT2D eigenvalue weighted by Gasteiger charge is 2.19. The summed E-state index contributed by atoms with van der Waals surface area (Å²) in [6, 6.07) is 0. The monoisotopic (exact) mass is 294 g/mol. The molecule has 13 heavy (non-hydrogen) atoms. The van der Waals surface area contributed by atoms with E-state index in [1.165, 1.54) is 0 Å². The van der Waals surface area contributed by atoms with E-state index in [0.717, 1.165) is 0 Å². The fraction of sp³-hybridized carbons (Fsp3) is 0.500. The van der Waals surface area contributed by atoms with Crippen LogP contribution in [0.15, 0.2) is 6.20 Å². The number of nitrogens with zero attached hydrogens (tertiary/aromatic N) is 2. The highest BCUT2D eigenvalue weighted by atomic mass is 127. The smallest absolute Gasteiger partial charge is 0.357 e. The van der Waals surface area contributed by atoms with Crippen molar-refractivity contribution in [2.45, 2.75) is 26.3 Å². The van der Waals surface area contributed by atoms with Crippen molar-refractivity contribution in [2.75, 3.05) is 0 Å². The lowest BCUT2D eigenvalue weighted by Crippen LogP contribution is -2.22. The van der Waals surface area contributed by atoms with Gasteiger partial charge in [0.1, 0.15) is 0 Å². The Labute approximate surface area is 90.1 Å². The second-order valence-corrected chi connectivity index (χ2v) is 4.91. The van der Waals surface area contributed by atoms with E-state index in [0.29, 0.717) is 3.57 Å². The van der Waals surface area contributed by atoms with E-state index in [9.17, 15) is 4.79 Å². The van der Waals surface area contributed by atoms with Crippen molar-refractivity contribution in [3.05, 3.63) is 15.5 Å². The number of halogens is 1. The number of carbonyl (C=O) groups is 1. The third-order valence-electron chi connectivity index (χ3n) is 1.56. The molecule has 0 spiro atoms. The number of aromatic carboxylic acids is 1. The first kappa shape index (κ1) is 10.5. The van der Waals surface area contributed by atoms with Gasteiger partial charge in [-0.2, -0.15) is 5.10 Å². The molecule has 0 atom stereocenters. The molecule has 0 aliphatic heterocycles. The van der Waals surface area contributed by atoms with Crippen LogP contribution in [-0.4, -0.2) is 20.9 Å². The van der Waals surface area contributed by atoms with Crippen LogP contribution in [0.1, 0.15) is 31.3 Å². The number of aromatic nitrogens is 2. The first-order chi connectivity index (χ1) is 5.82. The SMILES string of the molecule is CC(C)(C)n1cc(I)c(C(=O)O)n1. The molecule has 0 fully saturated rings. The molecule has 0 aliphatic rings. The minimum Gasteiger partial charge on any atom is -0.476 e. The molecule has 0 radical (unpaired) electrons. The predicted molar refractivity (Wildman–Crippen MR) is 56.9 cm³/mol. The molecule has 0 bridgehead atoms. The molecule has 0 aliphatic carbocycles. The summed E-state index contributed by atoms with van der Waals surface area (Å²) >= 11 is 1.97. The van der Waals surface area contributed by atoms with Gasteiger partial charge in [0, 0.05) is 6.20 Å². The molecule has 1 aromatic heterocycles. The van der Waals surface area contributed by atoms with Gasteiger partial charge in [0.25, 0.3) is 0 Å². The van der Waals surface area contributed by atoms with E-state index < -0.39 is 5.97 Å². The zero-order valence-corrected chi connectivity index (χ0v) is 9.86. The standard InChI is InChI=1S/C8H11IN2O2/c1-8(2,3)11-4-5(9)6(10-11)7(12)13/h4H,1-3H3,(H,12,13). The van der Waals surface area contributed by atoms with E-state index >= 15 is 0 Å². The highest BCUT2D eigenvalue weighted by molar-refractivity contribution is 14.1. The number of rotatable bonds is 1. The van der Waals surface area contributed by atoms with Crippen LogP contribution in [0.2, 0.25) is 0 Å². The second-order valence-electron chi connectivity index (χ2n) is 3.75. The molecule has 1 N–H and O–H groups in total. The Morgan fingerprint density at radius 1 is 1.62 bits per heavy atom. The Bertz CT molecular complexity index is 338. The Kier molecular flexibility index (Phi) is 2.65. The van der Waals surface area contributed by atoms with Gasteiger partial charge in [-0.3, -0.25) is 4.68 Å². The van der Waals surface area contributed by atoms with Crippen LogP contribution in [-0.2, 0) is 5.54 Å². The van der Waals surface area contributed by atoms with E-state index in [2.05, 4.69) is 5.10 Å². The average molecular weight is 294 g/mol. The van der Waals surface area contributed by atoms with Gasteiger partial charge in [0.2, 0.25) is 0 Å². The van der Waals surface area contributed by atoms with Gasteiger partial charge >= 0.3 is 5.97 Å². The van der Waals surface area contributed by atoms with Gasteiger partial charge < -0.3 is 5.11 Å². The minimum atomic E-state index is -0.979. The maximum absolute atomic E-state index is 10.7. The molecule has 0 amide bonds. The Morgan fingerprint density at radius 3 is 2.38 bits per heavy atom. The third-order valence-corrected chi connectivity index (χ3v) is 2.35. The lowest BCUT2D eigenvalue weighted by Gasteiger charge is -2.18. The van der Waals surface area contributed by atoms with Gasteiger partial charge in [-0.05, 0) is 43.4 Å². The number of carboxylic acid groups (broad SMARTS) is 1. The zero-order chi connectivity index (χ0) is 10.2. The minimum absolute atomic E-state index is 0.121. The summed E-state index contributed by atoms with van der Waals surface area (Å²) in [5.41, 5.74) is -0.0521. The summed E-state index contributed by atoms with van der Waals surface area (Å²) in [4.78, 5) is 10.7. The molecular formula is C8H11IN2O2. The second kappa shape index (κ2) is 3.28. The molecule has 1 heterocycles. The number of carboxylic acids is 1. The van der Waals surface area contributed by atoms with E-state index in [1.807, 2.05) is 43.4 Å². The Morgan fingerprint density at radius 2 is 2.15 bits per heavy atom. The molecule has 1 rings (SSSR count). The largest absolute Gasteiger partial charge is 0.476 e. The lowest BCUT2D eigenvalue weighted by molar-refractivity contribution is 0.0687. The van der Waals surface area contributed by atoms with Crippen LogP contribution in [0, 0.1) is 3.57 Å². The summed E-state index contributed by atoms with van der Waals surface area (Å²) in [6.45, 7) is 5.92. The molecule has 0 saturated carbocycles. The molecular weight excluding hydrogens is 283 g/mol. The van der Waals surface area contributed by atoms with E-state index in [4.69, 9.17) is 5.11 Å². The summed E-state index contributed by atoms with van der Waals surface area (Å²) in [6.07, 6.45) is 1.74. The van der Waals surface area contributed by atoms with Crippen molar-refractivity contribution in [3.8, 4) is 0 Å². The molecule has 0 unspecified atom stereocenters. The van der Waals surface area contributed by atoms with Crippen LogP contribution >= 0.6 is 22.6 Å². The van der Waals surface area contributed by atoms with Crippen LogP contribution in [0.3, 0.4) is 0 Å². The van der Waals surface area contributed by atoms with Gasteiger partial charge in [0.05, 0.1) is 9.11 Å². The fourth-order valence-electron chi connectivity index (χ4n) is 0.841. The summed E-state index contributed by atoms with van der Waals surface area (Å²) < 4.78 is 2.33. The van der Waals surface area contributed by atoms with Crippen molar-refractivity contribution in [3.63, 3.8) is 0 Å². The van der Waals surface area contributed by atoms with Crippen molar-refractivity contribution in [1.29, 1.82) is 0 Å². The van der Waals surface area contributed by atoms with Crippen molar-refractivity contribution in [1.82, 2.24) is 9.78 Å². The van der Waals surface area contributed by atoms with Crippen LogP contribution in [0.25, 0.3) is 0 Å². The lowest BCUT2D eigenvalue weighted by atomic mass is 10.1. The van der Waals surface area contributed by atoms with Crippen molar-refractivity contribution >= 4 is 28.6 Å². The molecule has 5 heteroatoms. The van der Waals surface area contributed by atoms with Gasteiger partial charge in [-0.25, -0.2) is 4.79 Å². The first-order valence-corrected chi connectivity index (χ1v) is 4.89. The molecule has 72 valence electrons. The number of hydrogen-bond acceptors (Lipinski definition) is 2. The summed E-state index contributed by atoms with van der Waals surface area (Å²) in [5.74, 6) is -0.979. The zero-order valence-electron chi connectivity index (χ0n) is 7.71. The Hall–Kier alpha value is -0.590. The molecule has 0 aromatic carbocycles.